The van der Waals surface area contributed by atoms with E-state index in [1.807, 2.05) is 84.9 Å². The average Bonchev–Trinajstić information content (AvgIpc) is 2.95. The van der Waals surface area contributed by atoms with E-state index in [1.165, 1.54) is 4.90 Å². The minimum absolute atomic E-state index is 0.0625. The summed E-state index contributed by atoms with van der Waals surface area (Å²) >= 11 is 0. The first-order valence-electron chi connectivity index (χ1n) is 13.2. The predicted molar refractivity (Wildman–Crippen MR) is 149 cm³/mol. The van der Waals surface area contributed by atoms with Gasteiger partial charge in [0, 0.05) is 24.6 Å². The van der Waals surface area contributed by atoms with Gasteiger partial charge in [-0.15, -0.1) is 0 Å². The molecular weight excluding hydrogens is 492 g/mol. The quantitative estimate of drug-likeness (QED) is 0.364. The summed E-state index contributed by atoms with van der Waals surface area (Å²) in [5, 5.41) is 2.88. The molecule has 39 heavy (non-hydrogen) atoms. The van der Waals surface area contributed by atoms with Crippen LogP contribution in [0.25, 0.3) is 0 Å². The van der Waals surface area contributed by atoms with E-state index < -0.39 is 11.9 Å². The van der Waals surface area contributed by atoms with Crippen molar-refractivity contribution >= 4 is 17.8 Å². The molecule has 1 aliphatic rings. The van der Waals surface area contributed by atoms with Crippen LogP contribution >= 0.6 is 0 Å². The Morgan fingerprint density at radius 1 is 0.923 bits per heavy atom. The lowest BCUT2D eigenvalue weighted by Gasteiger charge is -2.34. The third-order valence-corrected chi connectivity index (χ3v) is 6.73. The standard InChI is InChI=1S/C32H34N2O5/c1-3-38-32(37)31-23(2)34(21-29(35)33-19-18-24-10-6-4-7-11-24)30(36)20-28(31)26-14-16-27(17-15-26)39-22-25-12-8-5-9-13-25/h4-17,28H,3,18-22H2,1-2H3,(H,33,35). The number of carbonyl (C=O) groups is 3. The van der Waals surface area contributed by atoms with Crippen molar-refractivity contribution in [2.24, 2.45) is 0 Å². The average molecular weight is 527 g/mol. The third kappa shape index (κ3) is 7.35. The fourth-order valence-corrected chi connectivity index (χ4v) is 4.69. The largest absolute Gasteiger partial charge is 0.489 e. The maximum atomic E-state index is 13.2. The Hall–Kier alpha value is -4.39. The van der Waals surface area contributed by atoms with Crippen molar-refractivity contribution in [2.45, 2.75) is 39.2 Å². The van der Waals surface area contributed by atoms with Crippen molar-refractivity contribution in [3.8, 4) is 5.75 Å². The zero-order valence-corrected chi connectivity index (χ0v) is 22.4. The van der Waals surface area contributed by atoms with E-state index in [4.69, 9.17) is 9.47 Å². The van der Waals surface area contributed by atoms with Crippen LogP contribution in [0.2, 0.25) is 0 Å². The van der Waals surface area contributed by atoms with Crippen molar-refractivity contribution in [3.63, 3.8) is 0 Å². The lowest BCUT2D eigenvalue weighted by atomic mass is 9.83. The van der Waals surface area contributed by atoms with Gasteiger partial charge < -0.3 is 19.7 Å². The highest BCUT2D eigenvalue weighted by Crippen LogP contribution is 2.37. The molecule has 4 rings (SSSR count). The number of benzene rings is 3. The van der Waals surface area contributed by atoms with Crippen LogP contribution in [0.5, 0.6) is 5.75 Å². The number of allylic oxidation sites excluding steroid dienone is 1. The molecule has 0 fully saturated rings. The first kappa shape index (κ1) is 27.6. The van der Waals surface area contributed by atoms with Gasteiger partial charge in [0.2, 0.25) is 11.8 Å². The van der Waals surface area contributed by atoms with E-state index in [2.05, 4.69) is 5.32 Å². The van der Waals surface area contributed by atoms with Crippen molar-refractivity contribution in [2.75, 3.05) is 19.7 Å². The summed E-state index contributed by atoms with van der Waals surface area (Å²) in [6.07, 6.45) is 0.754. The highest BCUT2D eigenvalue weighted by molar-refractivity contribution is 5.97. The van der Waals surface area contributed by atoms with Gasteiger partial charge in [-0.25, -0.2) is 4.79 Å². The number of rotatable bonds is 11. The van der Waals surface area contributed by atoms with Crippen LogP contribution in [-0.2, 0) is 32.1 Å². The van der Waals surface area contributed by atoms with Gasteiger partial charge in [0.15, 0.2) is 0 Å². The van der Waals surface area contributed by atoms with E-state index in [9.17, 15) is 14.4 Å². The van der Waals surface area contributed by atoms with Gasteiger partial charge >= 0.3 is 5.97 Å². The SMILES string of the molecule is CCOC(=O)C1=C(C)N(CC(=O)NCCc2ccccc2)C(=O)CC1c1ccc(OCc2ccccc2)cc1. The molecular formula is C32H34N2O5. The lowest BCUT2D eigenvalue weighted by molar-refractivity contribution is -0.141. The molecule has 0 spiro atoms. The first-order chi connectivity index (χ1) is 19.0. The summed E-state index contributed by atoms with van der Waals surface area (Å²) in [4.78, 5) is 40.3. The molecule has 2 amide bonds. The molecule has 202 valence electrons. The number of nitrogens with one attached hydrogen (secondary N) is 1. The Morgan fingerprint density at radius 2 is 1.56 bits per heavy atom. The Bertz CT molecular complexity index is 1300. The minimum Gasteiger partial charge on any atom is -0.489 e. The summed E-state index contributed by atoms with van der Waals surface area (Å²) in [6.45, 7) is 4.40. The second-order valence-electron chi connectivity index (χ2n) is 9.39. The van der Waals surface area contributed by atoms with Crippen molar-refractivity contribution in [1.82, 2.24) is 10.2 Å². The van der Waals surface area contributed by atoms with Crippen LogP contribution in [0, 0.1) is 0 Å². The second-order valence-corrected chi connectivity index (χ2v) is 9.39. The minimum atomic E-state index is -0.480. The third-order valence-electron chi connectivity index (χ3n) is 6.73. The molecule has 1 heterocycles. The molecule has 1 N–H and O–H groups in total. The molecule has 0 saturated heterocycles. The normalized spacial score (nSPS) is 15.2. The molecule has 0 aromatic heterocycles. The Morgan fingerprint density at radius 3 is 2.21 bits per heavy atom. The molecule has 1 atom stereocenters. The monoisotopic (exact) mass is 526 g/mol. The van der Waals surface area contributed by atoms with E-state index in [1.54, 1.807) is 13.8 Å². The number of carbonyl (C=O) groups excluding carboxylic acids is 3. The van der Waals surface area contributed by atoms with Crippen LogP contribution in [0.15, 0.2) is 96.2 Å². The zero-order chi connectivity index (χ0) is 27.6. The number of nitrogens with zero attached hydrogens (tertiary/aromatic N) is 1. The predicted octanol–water partition coefficient (Wildman–Crippen LogP) is 4.78. The molecule has 1 unspecified atom stereocenters. The van der Waals surface area contributed by atoms with Crippen LogP contribution < -0.4 is 10.1 Å². The maximum Gasteiger partial charge on any atom is 0.336 e. The van der Waals surface area contributed by atoms with E-state index in [-0.39, 0.29) is 31.4 Å². The Kier molecular flexibility index (Phi) is 9.51. The van der Waals surface area contributed by atoms with E-state index in [0.717, 1.165) is 16.7 Å². The lowest BCUT2D eigenvalue weighted by Crippen LogP contribution is -2.44. The molecule has 3 aromatic carbocycles. The molecule has 0 bridgehead atoms. The van der Waals surface area contributed by atoms with Gasteiger partial charge in [0.05, 0.1) is 12.2 Å². The zero-order valence-electron chi connectivity index (χ0n) is 22.4. The Labute approximate surface area is 229 Å². The highest BCUT2D eigenvalue weighted by atomic mass is 16.5. The van der Waals surface area contributed by atoms with Crippen LogP contribution in [0.3, 0.4) is 0 Å². The van der Waals surface area contributed by atoms with Crippen molar-refractivity contribution < 1.29 is 23.9 Å². The smallest absolute Gasteiger partial charge is 0.336 e. The van der Waals surface area contributed by atoms with Gasteiger partial charge in [-0.1, -0.05) is 72.8 Å². The summed E-state index contributed by atoms with van der Waals surface area (Å²) in [5.74, 6) is -0.756. The van der Waals surface area contributed by atoms with Gasteiger partial charge in [0.1, 0.15) is 18.9 Å². The van der Waals surface area contributed by atoms with E-state index in [0.29, 0.717) is 36.6 Å². The van der Waals surface area contributed by atoms with Crippen LogP contribution in [0.4, 0.5) is 0 Å². The summed E-state index contributed by atoms with van der Waals surface area (Å²) in [6, 6.07) is 27.2. The van der Waals surface area contributed by atoms with Gasteiger partial charge in [-0.2, -0.15) is 0 Å². The first-order valence-corrected chi connectivity index (χ1v) is 13.2. The summed E-state index contributed by atoms with van der Waals surface area (Å²) in [7, 11) is 0. The fourth-order valence-electron chi connectivity index (χ4n) is 4.69. The van der Waals surface area contributed by atoms with Crippen molar-refractivity contribution in [3.05, 3.63) is 113 Å². The number of hydrogen-bond donors (Lipinski definition) is 1. The van der Waals surface area contributed by atoms with Crippen molar-refractivity contribution in [1.29, 1.82) is 0 Å². The van der Waals surface area contributed by atoms with Gasteiger partial charge in [-0.3, -0.25) is 9.59 Å². The van der Waals surface area contributed by atoms with Gasteiger partial charge in [0.25, 0.3) is 0 Å². The summed E-state index contributed by atoms with van der Waals surface area (Å²) < 4.78 is 11.2. The molecule has 7 nitrogen and oxygen atoms in total. The molecule has 3 aromatic rings. The Balaban J connectivity index is 1.46. The number of hydrogen-bond acceptors (Lipinski definition) is 5. The molecule has 1 aliphatic heterocycles. The van der Waals surface area contributed by atoms with E-state index >= 15 is 0 Å². The number of ether oxygens (including phenoxy) is 2. The molecule has 0 saturated carbocycles. The number of esters is 1. The molecule has 0 aliphatic carbocycles. The maximum absolute atomic E-state index is 13.2. The van der Waals surface area contributed by atoms with Crippen LogP contribution in [0.1, 0.15) is 42.9 Å². The molecule has 0 radical (unpaired) electrons. The highest BCUT2D eigenvalue weighted by Gasteiger charge is 2.37. The summed E-state index contributed by atoms with van der Waals surface area (Å²) in [5.41, 5.74) is 3.83. The second kappa shape index (κ2) is 13.4. The number of amides is 2. The van der Waals surface area contributed by atoms with Crippen LogP contribution in [-0.4, -0.2) is 42.4 Å². The molecule has 7 heteroatoms. The fraction of sp³-hybridized carbons (Fsp3) is 0.281. The van der Waals surface area contributed by atoms with Gasteiger partial charge in [-0.05, 0) is 49.1 Å². The topological polar surface area (TPSA) is 84.9 Å².